The fraction of sp³-hybridized carbons (Fsp3) is 0.611. The monoisotopic (exact) mass is 392 g/mol. The Bertz CT molecular complexity index is 591. The van der Waals surface area contributed by atoms with E-state index in [4.69, 9.17) is 27.9 Å². The van der Waals surface area contributed by atoms with E-state index in [0.29, 0.717) is 30.2 Å². The largest absolute Gasteiger partial charge is 0.444 e. The minimum absolute atomic E-state index is 0.00000310. The number of halogens is 3. The molecule has 1 N–H and O–H groups in total. The van der Waals surface area contributed by atoms with Gasteiger partial charge in [0.2, 0.25) is 0 Å². The number of nitrogens with one attached hydrogen (secondary N) is 1. The van der Waals surface area contributed by atoms with E-state index in [0.717, 1.165) is 6.42 Å². The van der Waals surface area contributed by atoms with Gasteiger partial charge in [0, 0.05) is 30.7 Å². The number of hydrogen-bond donors (Lipinski definition) is 1. The van der Waals surface area contributed by atoms with E-state index in [2.05, 4.69) is 5.32 Å². The number of hydrogen-bond acceptors (Lipinski definition) is 3. The number of rotatable bonds is 7. The maximum absolute atomic E-state index is 13.6. The quantitative estimate of drug-likeness (QED) is 0.628. The van der Waals surface area contributed by atoms with Crippen LogP contribution in [0.4, 0.5) is 9.18 Å². The van der Waals surface area contributed by atoms with Crippen molar-refractivity contribution in [3.63, 3.8) is 0 Å². The Balaban J connectivity index is 2.63. The molecule has 0 aromatic heterocycles. The summed E-state index contributed by atoms with van der Waals surface area (Å²) < 4.78 is 19.1. The van der Waals surface area contributed by atoms with E-state index in [1.165, 1.54) is 12.1 Å². The summed E-state index contributed by atoms with van der Waals surface area (Å²) in [6, 6.07) is 2.55. The van der Waals surface area contributed by atoms with E-state index in [1.807, 2.05) is 34.6 Å². The van der Waals surface area contributed by atoms with Crippen molar-refractivity contribution in [1.29, 1.82) is 0 Å². The molecule has 4 nitrogen and oxygen atoms in total. The fourth-order valence-electron chi connectivity index (χ4n) is 2.29. The first-order valence-electron chi connectivity index (χ1n) is 8.41. The van der Waals surface area contributed by atoms with Gasteiger partial charge in [-0.1, -0.05) is 30.1 Å². The summed E-state index contributed by atoms with van der Waals surface area (Å²) in [7, 11) is 0. The van der Waals surface area contributed by atoms with Crippen LogP contribution in [0, 0.1) is 5.82 Å². The van der Waals surface area contributed by atoms with Gasteiger partial charge in [0.05, 0.1) is 5.02 Å². The molecule has 1 atom stereocenters. The highest BCUT2D eigenvalue weighted by atomic mass is 35.5. The average molecular weight is 393 g/mol. The Morgan fingerprint density at radius 2 is 1.92 bits per heavy atom. The highest BCUT2D eigenvalue weighted by Gasteiger charge is 2.21. The standard InChI is InChI=1S/C18H27Cl2FN2O2/c1-6-8-23(17(24)25-18(3,4)5)9-7-22-12(2)13-10-16(21)15(20)11-14(13)19/h10-12,22H,6-9H2,1-5H3. The van der Waals surface area contributed by atoms with Crippen LogP contribution in [0.25, 0.3) is 0 Å². The maximum atomic E-state index is 13.6. The van der Waals surface area contributed by atoms with Crippen LogP contribution in [-0.2, 0) is 4.74 Å². The normalized spacial score (nSPS) is 12.8. The zero-order chi connectivity index (χ0) is 19.2. The second kappa shape index (κ2) is 9.60. The van der Waals surface area contributed by atoms with Crippen LogP contribution >= 0.6 is 23.2 Å². The molecule has 0 fully saturated rings. The van der Waals surface area contributed by atoms with Crippen LogP contribution in [0.1, 0.15) is 52.6 Å². The molecule has 142 valence electrons. The van der Waals surface area contributed by atoms with Crippen LogP contribution in [0.15, 0.2) is 12.1 Å². The molecule has 0 bridgehead atoms. The second-order valence-corrected chi connectivity index (χ2v) is 7.75. The number of nitrogens with zero attached hydrogens (tertiary/aromatic N) is 1. The minimum atomic E-state index is -0.530. The number of carbonyl (C=O) groups excluding carboxylic acids is 1. The third-order valence-electron chi connectivity index (χ3n) is 3.48. The van der Waals surface area contributed by atoms with Crippen molar-refractivity contribution in [2.75, 3.05) is 19.6 Å². The highest BCUT2D eigenvalue weighted by Crippen LogP contribution is 2.28. The Hall–Kier alpha value is -1.04. The van der Waals surface area contributed by atoms with Gasteiger partial charge >= 0.3 is 6.09 Å². The third kappa shape index (κ3) is 7.38. The Morgan fingerprint density at radius 3 is 2.48 bits per heavy atom. The molecule has 1 amide bonds. The van der Waals surface area contributed by atoms with E-state index in [9.17, 15) is 9.18 Å². The molecule has 1 rings (SSSR count). The van der Waals surface area contributed by atoms with Gasteiger partial charge in [-0.25, -0.2) is 9.18 Å². The fourth-order valence-corrected chi connectivity index (χ4v) is 2.83. The van der Waals surface area contributed by atoms with Crippen molar-refractivity contribution in [2.24, 2.45) is 0 Å². The summed E-state index contributed by atoms with van der Waals surface area (Å²) in [5.41, 5.74) is 0.0981. The molecule has 0 saturated carbocycles. The van der Waals surface area contributed by atoms with Crippen molar-refractivity contribution >= 4 is 29.3 Å². The van der Waals surface area contributed by atoms with E-state index < -0.39 is 11.4 Å². The molecule has 0 heterocycles. The molecule has 1 aromatic rings. The van der Waals surface area contributed by atoms with Crippen LogP contribution < -0.4 is 5.32 Å². The lowest BCUT2D eigenvalue weighted by Gasteiger charge is -2.28. The number of carbonyl (C=O) groups is 1. The number of benzene rings is 1. The molecule has 0 saturated heterocycles. The van der Waals surface area contributed by atoms with Crippen molar-refractivity contribution in [3.8, 4) is 0 Å². The molecule has 1 aromatic carbocycles. The van der Waals surface area contributed by atoms with Crippen molar-refractivity contribution in [1.82, 2.24) is 10.2 Å². The third-order valence-corrected chi connectivity index (χ3v) is 4.10. The zero-order valence-corrected chi connectivity index (χ0v) is 17.0. The van der Waals surface area contributed by atoms with Crippen LogP contribution in [0.2, 0.25) is 10.0 Å². The van der Waals surface area contributed by atoms with Crippen molar-refractivity contribution in [3.05, 3.63) is 33.6 Å². The van der Waals surface area contributed by atoms with Crippen molar-refractivity contribution < 1.29 is 13.9 Å². The predicted octanol–water partition coefficient (Wildman–Crippen LogP) is 5.43. The molecule has 0 aliphatic heterocycles. The maximum Gasteiger partial charge on any atom is 0.410 e. The van der Waals surface area contributed by atoms with Crippen LogP contribution in [0.5, 0.6) is 0 Å². The molecule has 0 aliphatic carbocycles. The van der Waals surface area contributed by atoms with Crippen LogP contribution in [-0.4, -0.2) is 36.2 Å². The lowest BCUT2D eigenvalue weighted by atomic mass is 10.1. The molecular formula is C18H27Cl2FN2O2. The minimum Gasteiger partial charge on any atom is -0.444 e. The van der Waals surface area contributed by atoms with Crippen LogP contribution in [0.3, 0.4) is 0 Å². The lowest BCUT2D eigenvalue weighted by Crippen LogP contribution is -2.41. The summed E-state index contributed by atoms with van der Waals surface area (Å²) in [4.78, 5) is 13.9. The Labute approximate surface area is 159 Å². The van der Waals surface area contributed by atoms with Gasteiger partial charge in [-0.05, 0) is 51.8 Å². The highest BCUT2D eigenvalue weighted by molar-refractivity contribution is 6.35. The summed E-state index contributed by atoms with van der Waals surface area (Å²) >= 11 is 11.9. The first kappa shape index (κ1) is 22.0. The zero-order valence-electron chi connectivity index (χ0n) is 15.5. The van der Waals surface area contributed by atoms with E-state index >= 15 is 0 Å². The molecule has 1 unspecified atom stereocenters. The second-order valence-electron chi connectivity index (χ2n) is 6.93. The molecule has 0 radical (unpaired) electrons. The first-order chi connectivity index (χ1) is 11.5. The summed E-state index contributed by atoms with van der Waals surface area (Å²) in [5.74, 6) is -0.504. The molecule has 0 aliphatic rings. The summed E-state index contributed by atoms with van der Waals surface area (Å²) in [6.07, 6.45) is 0.502. The van der Waals surface area contributed by atoms with Gasteiger partial charge in [0.15, 0.2) is 0 Å². The summed E-state index contributed by atoms with van der Waals surface area (Å²) in [6.45, 7) is 11.0. The SMILES string of the molecule is CCCN(CCNC(C)c1cc(F)c(Cl)cc1Cl)C(=O)OC(C)(C)C. The first-order valence-corrected chi connectivity index (χ1v) is 9.16. The predicted molar refractivity (Wildman–Crippen MR) is 101 cm³/mol. The van der Waals surface area contributed by atoms with Gasteiger partial charge in [-0.15, -0.1) is 0 Å². The van der Waals surface area contributed by atoms with Gasteiger partial charge < -0.3 is 15.0 Å². The van der Waals surface area contributed by atoms with Gasteiger partial charge in [0.1, 0.15) is 11.4 Å². The van der Waals surface area contributed by atoms with E-state index in [-0.39, 0.29) is 17.2 Å². The molecule has 7 heteroatoms. The van der Waals surface area contributed by atoms with Gasteiger partial charge in [0.25, 0.3) is 0 Å². The molecule has 0 spiro atoms. The van der Waals surface area contributed by atoms with Gasteiger partial charge in [-0.2, -0.15) is 0 Å². The average Bonchev–Trinajstić information content (AvgIpc) is 2.48. The number of amides is 1. The smallest absolute Gasteiger partial charge is 0.410 e. The van der Waals surface area contributed by atoms with Crippen molar-refractivity contribution in [2.45, 2.75) is 52.7 Å². The molecular weight excluding hydrogens is 366 g/mol. The number of ether oxygens (including phenoxy) is 1. The van der Waals surface area contributed by atoms with E-state index in [1.54, 1.807) is 4.90 Å². The Morgan fingerprint density at radius 1 is 1.28 bits per heavy atom. The lowest BCUT2D eigenvalue weighted by molar-refractivity contribution is 0.0251. The molecule has 25 heavy (non-hydrogen) atoms. The summed E-state index contributed by atoms with van der Waals surface area (Å²) in [5, 5.41) is 3.66. The Kier molecular flexibility index (Phi) is 8.45. The van der Waals surface area contributed by atoms with Gasteiger partial charge in [-0.3, -0.25) is 0 Å². The topological polar surface area (TPSA) is 41.6 Å².